The van der Waals surface area contributed by atoms with Crippen LogP contribution in [0.5, 0.6) is 0 Å². The highest BCUT2D eigenvalue weighted by Gasteiger charge is 2.32. The van der Waals surface area contributed by atoms with Crippen molar-refractivity contribution in [2.45, 2.75) is 58.8 Å². The van der Waals surface area contributed by atoms with Gasteiger partial charge in [-0.2, -0.15) is 0 Å². The molecule has 0 aromatic heterocycles. The molecule has 0 saturated heterocycles. The van der Waals surface area contributed by atoms with E-state index in [2.05, 4.69) is 38.1 Å². The first-order valence-corrected chi connectivity index (χ1v) is 6.86. The molecule has 2 rings (SSSR count). The fourth-order valence-electron chi connectivity index (χ4n) is 3.48. The molecule has 1 aliphatic carbocycles. The van der Waals surface area contributed by atoms with Gasteiger partial charge in [0.1, 0.15) is 0 Å². The van der Waals surface area contributed by atoms with E-state index in [0.717, 1.165) is 0 Å². The van der Waals surface area contributed by atoms with Crippen molar-refractivity contribution in [2.75, 3.05) is 0 Å². The van der Waals surface area contributed by atoms with Crippen LogP contribution in [0.25, 0.3) is 0 Å². The normalized spacial score (nSPS) is 18.1. The predicted octanol–water partition coefficient (Wildman–Crippen LogP) is 4.76. The van der Waals surface area contributed by atoms with Gasteiger partial charge in [0.2, 0.25) is 0 Å². The first kappa shape index (κ1) is 11.7. The van der Waals surface area contributed by atoms with E-state index in [4.69, 9.17) is 0 Å². The van der Waals surface area contributed by atoms with Crippen LogP contribution in [0.3, 0.4) is 0 Å². The topological polar surface area (TPSA) is 0 Å². The van der Waals surface area contributed by atoms with Gasteiger partial charge in [0.25, 0.3) is 0 Å². The molecule has 1 aliphatic rings. The molecule has 0 atom stereocenters. The Kier molecular flexibility index (Phi) is 3.68. The van der Waals surface area contributed by atoms with Crippen molar-refractivity contribution in [2.24, 2.45) is 5.41 Å². The molecule has 0 aliphatic heterocycles. The number of hydrogen-bond donors (Lipinski definition) is 0. The second-order valence-electron chi connectivity index (χ2n) is 5.45. The first-order chi connectivity index (χ1) is 7.79. The summed E-state index contributed by atoms with van der Waals surface area (Å²) in [5.41, 5.74) is 3.85. The third-order valence-electron chi connectivity index (χ3n) is 4.17. The molecule has 16 heavy (non-hydrogen) atoms. The van der Waals surface area contributed by atoms with Crippen LogP contribution in [0.4, 0.5) is 0 Å². The Balaban J connectivity index is 2.20. The Morgan fingerprint density at radius 1 is 1.00 bits per heavy atom. The van der Waals surface area contributed by atoms with Gasteiger partial charge in [0, 0.05) is 0 Å². The molecule has 0 N–H and O–H groups in total. The maximum atomic E-state index is 2.34. The van der Waals surface area contributed by atoms with Gasteiger partial charge in [-0.25, -0.2) is 0 Å². The van der Waals surface area contributed by atoms with Gasteiger partial charge in [-0.1, -0.05) is 51.0 Å². The summed E-state index contributed by atoms with van der Waals surface area (Å²) in [7, 11) is 0. The molecule has 1 aromatic carbocycles. The molecule has 0 radical (unpaired) electrons. The monoisotopic (exact) mass is 216 g/mol. The molecule has 1 aromatic rings. The van der Waals surface area contributed by atoms with Crippen LogP contribution in [0.1, 0.15) is 57.1 Å². The highest BCUT2D eigenvalue weighted by Crippen LogP contribution is 2.42. The van der Waals surface area contributed by atoms with Gasteiger partial charge < -0.3 is 0 Å². The lowest BCUT2D eigenvalue weighted by molar-refractivity contribution is 0.200. The van der Waals surface area contributed by atoms with Gasteiger partial charge in [-0.15, -0.1) is 0 Å². The summed E-state index contributed by atoms with van der Waals surface area (Å²) in [4.78, 5) is 0. The van der Waals surface area contributed by atoms with Crippen molar-refractivity contribution in [3.8, 4) is 0 Å². The van der Waals surface area contributed by atoms with Crippen molar-refractivity contribution >= 4 is 0 Å². The van der Waals surface area contributed by atoms with Gasteiger partial charge >= 0.3 is 0 Å². The highest BCUT2D eigenvalue weighted by atomic mass is 14.4. The molecule has 0 nitrogen and oxygen atoms in total. The van der Waals surface area contributed by atoms with Crippen LogP contribution in [-0.4, -0.2) is 0 Å². The molecule has 0 heteroatoms. The lowest BCUT2D eigenvalue weighted by Crippen LogP contribution is -2.28. The zero-order valence-electron chi connectivity index (χ0n) is 10.8. The molecule has 0 heterocycles. The van der Waals surface area contributed by atoms with E-state index in [0.29, 0.717) is 5.41 Å². The van der Waals surface area contributed by atoms with Crippen molar-refractivity contribution < 1.29 is 0 Å². The fourth-order valence-corrected chi connectivity index (χ4v) is 3.48. The molecule has 0 unspecified atom stereocenters. The van der Waals surface area contributed by atoms with Crippen LogP contribution >= 0.6 is 0 Å². The Labute approximate surface area is 100 Å². The highest BCUT2D eigenvalue weighted by molar-refractivity contribution is 5.30. The van der Waals surface area contributed by atoms with E-state index in [1.165, 1.54) is 44.9 Å². The van der Waals surface area contributed by atoms with E-state index in [1.807, 2.05) is 0 Å². The third kappa shape index (κ3) is 2.31. The van der Waals surface area contributed by atoms with E-state index in [9.17, 15) is 0 Å². The summed E-state index contributed by atoms with van der Waals surface area (Å²) in [6, 6.07) is 9.05. The third-order valence-corrected chi connectivity index (χ3v) is 4.17. The minimum Gasteiger partial charge on any atom is -0.0654 e. The molecular weight excluding hydrogens is 192 g/mol. The van der Waals surface area contributed by atoms with E-state index >= 15 is 0 Å². The number of rotatable bonds is 4. The Morgan fingerprint density at radius 2 is 1.62 bits per heavy atom. The zero-order chi connectivity index (χ0) is 11.4. The van der Waals surface area contributed by atoms with Crippen LogP contribution in [0.2, 0.25) is 0 Å². The van der Waals surface area contributed by atoms with E-state index in [1.54, 1.807) is 11.1 Å². The largest absolute Gasteiger partial charge is 0.0654 e. The lowest BCUT2D eigenvalue weighted by Gasteiger charge is -2.38. The molecule has 0 saturated carbocycles. The quantitative estimate of drug-likeness (QED) is 0.680. The first-order valence-electron chi connectivity index (χ1n) is 6.86. The number of benzene rings is 1. The van der Waals surface area contributed by atoms with Crippen LogP contribution in [0.15, 0.2) is 24.3 Å². The maximum Gasteiger partial charge on any atom is -0.0219 e. The summed E-state index contributed by atoms with van der Waals surface area (Å²) in [5.74, 6) is 0. The van der Waals surface area contributed by atoms with Crippen LogP contribution in [-0.2, 0) is 12.8 Å². The van der Waals surface area contributed by atoms with Crippen molar-refractivity contribution in [1.29, 1.82) is 0 Å². The molecule has 88 valence electrons. The van der Waals surface area contributed by atoms with E-state index in [-0.39, 0.29) is 0 Å². The summed E-state index contributed by atoms with van der Waals surface area (Å²) < 4.78 is 0. The Bertz CT molecular complexity index is 332. The summed E-state index contributed by atoms with van der Waals surface area (Å²) >= 11 is 0. The molecular formula is C16H24. The van der Waals surface area contributed by atoms with Crippen LogP contribution < -0.4 is 0 Å². The van der Waals surface area contributed by atoms with Crippen molar-refractivity contribution in [3.05, 3.63) is 35.4 Å². The smallest absolute Gasteiger partial charge is 0.0219 e. The Morgan fingerprint density at radius 3 is 2.25 bits per heavy atom. The van der Waals surface area contributed by atoms with E-state index < -0.39 is 0 Å². The molecule has 0 bridgehead atoms. The summed E-state index contributed by atoms with van der Waals surface area (Å²) in [6.07, 6.45) is 9.53. The minimum absolute atomic E-state index is 0.623. The van der Waals surface area contributed by atoms with Crippen LogP contribution in [0, 0.1) is 5.41 Å². The second-order valence-corrected chi connectivity index (χ2v) is 5.45. The average Bonchev–Trinajstić information content (AvgIpc) is 2.30. The van der Waals surface area contributed by atoms with Gasteiger partial charge in [-0.05, 0) is 48.6 Å². The molecule has 0 fully saturated rings. The minimum atomic E-state index is 0.623. The molecule has 0 spiro atoms. The van der Waals surface area contributed by atoms with Gasteiger partial charge in [0.05, 0.1) is 0 Å². The zero-order valence-corrected chi connectivity index (χ0v) is 10.8. The number of aryl methyl sites for hydroxylation is 1. The second kappa shape index (κ2) is 5.03. The van der Waals surface area contributed by atoms with Gasteiger partial charge in [-0.3, -0.25) is 0 Å². The summed E-state index contributed by atoms with van der Waals surface area (Å²) in [6.45, 7) is 4.66. The number of hydrogen-bond acceptors (Lipinski definition) is 0. The predicted molar refractivity (Wildman–Crippen MR) is 70.7 cm³/mol. The molecule has 0 amide bonds. The standard InChI is InChI=1S/C16H24/c1-3-10-16(11-4-2)12-9-14-7-5-6-8-15(14)13-16/h5-8H,3-4,9-13H2,1-2H3. The van der Waals surface area contributed by atoms with Gasteiger partial charge in [0.15, 0.2) is 0 Å². The average molecular weight is 216 g/mol. The lowest BCUT2D eigenvalue weighted by atomic mass is 9.67. The maximum absolute atomic E-state index is 2.34. The Hall–Kier alpha value is -0.780. The summed E-state index contributed by atoms with van der Waals surface area (Å²) in [5, 5.41) is 0. The van der Waals surface area contributed by atoms with Crippen molar-refractivity contribution in [3.63, 3.8) is 0 Å². The number of fused-ring (bicyclic) bond motifs is 1. The SMILES string of the molecule is CCCC1(CCC)CCc2ccccc2C1. The van der Waals surface area contributed by atoms with Crippen molar-refractivity contribution in [1.82, 2.24) is 0 Å². The fraction of sp³-hybridized carbons (Fsp3) is 0.625.